The second-order valence-corrected chi connectivity index (χ2v) is 7.40. The third-order valence-corrected chi connectivity index (χ3v) is 5.36. The summed E-state index contributed by atoms with van der Waals surface area (Å²) in [4.78, 5) is 21.2. The Hall–Kier alpha value is -4.44. The van der Waals surface area contributed by atoms with Crippen molar-refractivity contribution in [2.75, 3.05) is 5.73 Å². The van der Waals surface area contributed by atoms with Crippen molar-refractivity contribution in [3.05, 3.63) is 100 Å². The molecule has 0 aliphatic heterocycles. The Labute approximate surface area is 177 Å². The van der Waals surface area contributed by atoms with E-state index in [9.17, 15) is 4.79 Å². The number of hydrogen-bond acceptors (Lipinski definition) is 5. The number of benzene rings is 3. The van der Waals surface area contributed by atoms with E-state index in [1.54, 1.807) is 23.0 Å². The Morgan fingerprint density at radius 3 is 2.45 bits per heavy atom. The molecule has 0 fully saturated rings. The Morgan fingerprint density at radius 2 is 1.68 bits per heavy atom. The van der Waals surface area contributed by atoms with Crippen LogP contribution < -0.4 is 11.3 Å². The summed E-state index contributed by atoms with van der Waals surface area (Å²) in [6.07, 6.45) is 1.65. The first-order chi connectivity index (χ1) is 15.1. The Bertz CT molecular complexity index is 1520. The van der Waals surface area contributed by atoms with Gasteiger partial charge in [-0.15, -0.1) is 0 Å². The number of fused-ring (bicyclic) bond motifs is 2. The van der Waals surface area contributed by atoms with Crippen LogP contribution in [-0.2, 0) is 13.1 Å². The highest BCUT2D eigenvalue weighted by Crippen LogP contribution is 2.19. The molecule has 0 bridgehead atoms. The smallest absolute Gasteiger partial charge is 0.300 e. The Morgan fingerprint density at radius 1 is 0.935 bits per heavy atom. The van der Waals surface area contributed by atoms with Crippen molar-refractivity contribution < 1.29 is 0 Å². The van der Waals surface area contributed by atoms with Gasteiger partial charge < -0.3 is 10.3 Å². The average molecular weight is 406 g/mol. The molecule has 0 atom stereocenters. The molecule has 0 amide bonds. The zero-order chi connectivity index (χ0) is 21.4. The van der Waals surface area contributed by atoms with Gasteiger partial charge in [-0.2, -0.15) is 10.2 Å². The van der Waals surface area contributed by atoms with Crippen LogP contribution in [0.5, 0.6) is 0 Å². The van der Waals surface area contributed by atoms with Crippen LogP contribution in [0.1, 0.15) is 16.7 Å². The van der Waals surface area contributed by atoms with E-state index in [4.69, 9.17) is 11.0 Å². The standard InChI is InChI=1S/C24H18N6O/c25-12-16-5-7-17(8-6-16)14-30-22-21(23(31)28-24(30)26)29(15-27-22)13-18-9-10-19-3-1-2-4-20(19)11-18/h1-11,15H,13-14H2,(H2,26,28,31). The minimum atomic E-state index is -0.401. The van der Waals surface area contributed by atoms with Crippen molar-refractivity contribution in [2.24, 2.45) is 0 Å². The van der Waals surface area contributed by atoms with Crippen molar-refractivity contribution >= 4 is 27.9 Å². The van der Waals surface area contributed by atoms with Crippen molar-refractivity contribution in [1.29, 1.82) is 5.26 Å². The third-order valence-electron chi connectivity index (χ3n) is 5.36. The Kier molecular flexibility index (Phi) is 4.45. The molecule has 0 saturated heterocycles. The number of nitrogen functional groups attached to an aromatic ring is 1. The zero-order valence-corrected chi connectivity index (χ0v) is 16.6. The molecule has 0 aliphatic rings. The SMILES string of the molecule is N#Cc1ccc(Cn2c(N)nc(=O)c3c2ncn3Cc2ccc3ccccc3c2)cc1. The van der Waals surface area contributed by atoms with E-state index >= 15 is 0 Å². The van der Waals surface area contributed by atoms with Gasteiger partial charge in [-0.25, -0.2) is 4.98 Å². The number of nitriles is 1. The van der Waals surface area contributed by atoms with Crippen molar-refractivity contribution in [3.63, 3.8) is 0 Å². The van der Waals surface area contributed by atoms with E-state index in [2.05, 4.69) is 40.3 Å². The number of rotatable bonds is 4. The molecule has 5 rings (SSSR count). The molecule has 3 aromatic carbocycles. The normalized spacial score (nSPS) is 11.1. The van der Waals surface area contributed by atoms with Gasteiger partial charge in [0.2, 0.25) is 5.95 Å². The van der Waals surface area contributed by atoms with Crippen LogP contribution in [0.2, 0.25) is 0 Å². The van der Waals surface area contributed by atoms with Gasteiger partial charge in [-0.05, 0) is 40.1 Å². The third kappa shape index (κ3) is 3.40. The van der Waals surface area contributed by atoms with Crippen molar-refractivity contribution in [3.8, 4) is 6.07 Å². The monoisotopic (exact) mass is 406 g/mol. The van der Waals surface area contributed by atoms with Gasteiger partial charge >= 0.3 is 5.56 Å². The van der Waals surface area contributed by atoms with Gasteiger partial charge in [0.05, 0.1) is 24.5 Å². The van der Waals surface area contributed by atoms with E-state index < -0.39 is 5.56 Å². The van der Waals surface area contributed by atoms with Crippen LogP contribution in [0.3, 0.4) is 0 Å². The number of nitrogens with two attached hydrogens (primary N) is 1. The van der Waals surface area contributed by atoms with Crippen molar-refractivity contribution in [1.82, 2.24) is 19.1 Å². The summed E-state index contributed by atoms with van der Waals surface area (Å²) in [5.41, 5.74) is 9.14. The van der Waals surface area contributed by atoms with Crippen LogP contribution in [0.15, 0.2) is 77.9 Å². The second-order valence-electron chi connectivity index (χ2n) is 7.40. The lowest BCUT2D eigenvalue weighted by Crippen LogP contribution is -2.20. The van der Waals surface area contributed by atoms with Gasteiger partial charge in [0.25, 0.3) is 0 Å². The molecule has 2 aromatic heterocycles. The topological polar surface area (TPSA) is 103 Å². The quantitative estimate of drug-likeness (QED) is 0.493. The molecular formula is C24H18N6O. The van der Waals surface area contributed by atoms with E-state index in [0.29, 0.717) is 29.8 Å². The molecule has 0 radical (unpaired) electrons. The first-order valence-electron chi connectivity index (χ1n) is 9.80. The fourth-order valence-electron chi connectivity index (χ4n) is 3.79. The summed E-state index contributed by atoms with van der Waals surface area (Å²) in [7, 11) is 0. The summed E-state index contributed by atoms with van der Waals surface area (Å²) in [5.74, 6) is 0.109. The first-order valence-corrected chi connectivity index (χ1v) is 9.80. The minimum Gasteiger partial charge on any atom is -0.369 e. The van der Waals surface area contributed by atoms with Crippen LogP contribution in [0.25, 0.3) is 21.9 Å². The van der Waals surface area contributed by atoms with E-state index in [0.717, 1.165) is 16.5 Å². The predicted octanol–water partition coefficient (Wildman–Crippen LogP) is 3.30. The minimum absolute atomic E-state index is 0.109. The lowest BCUT2D eigenvalue weighted by molar-refractivity contribution is 0.797. The maximum absolute atomic E-state index is 12.7. The Balaban J connectivity index is 1.55. The van der Waals surface area contributed by atoms with Gasteiger partial charge in [0, 0.05) is 6.54 Å². The molecule has 0 saturated carbocycles. The molecule has 0 aliphatic carbocycles. The number of aromatic nitrogens is 4. The first kappa shape index (κ1) is 18.6. The molecule has 2 N–H and O–H groups in total. The van der Waals surface area contributed by atoms with Gasteiger partial charge in [-0.1, -0.05) is 48.5 Å². The van der Waals surface area contributed by atoms with Crippen molar-refractivity contribution in [2.45, 2.75) is 13.1 Å². The number of hydrogen-bond donors (Lipinski definition) is 1. The van der Waals surface area contributed by atoms with Gasteiger partial charge in [0.15, 0.2) is 11.2 Å². The fourth-order valence-corrected chi connectivity index (χ4v) is 3.79. The van der Waals surface area contributed by atoms with Crippen LogP contribution in [0.4, 0.5) is 5.95 Å². The molecule has 31 heavy (non-hydrogen) atoms. The summed E-state index contributed by atoms with van der Waals surface area (Å²) in [6.45, 7) is 0.896. The zero-order valence-electron chi connectivity index (χ0n) is 16.6. The highest BCUT2D eigenvalue weighted by atomic mass is 16.1. The number of imidazole rings is 1. The second kappa shape index (κ2) is 7.43. The summed E-state index contributed by atoms with van der Waals surface area (Å²) >= 11 is 0. The number of nitrogens with zero attached hydrogens (tertiary/aromatic N) is 5. The van der Waals surface area contributed by atoms with Gasteiger partial charge in [-0.3, -0.25) is 9.36 Å². The molecular weight excluding hydrogens is 388 g/mol. The highest BCUT2D eigenvalue weighted by Gasteiger charge is 2.15. The van der Waals surface area contributed by atoms with Crippen LogP contribution in [0, 0.1) is 11.3 Å². The summed E-state index contributed by atoms with van der Waals surface area (Å²) < 4.78 is 3.53. The largest absolute Gasteiger partial charge is 0.369 e. The summed E-state index contributed by atoms with van der Waals surface area (Å²) in [6, 6.07) is 23.7. The average Bonchev–Trinajstić information content (AvgIpc) is 3.21. The maximum atomic E-state index is 12.7. The summed E-state index contributed by atoms with van der Waals surface area (Å²) in [5, 5.41) is 11.3. The lowest BCUT2D eigenvalue weighted by Gasteiger charge is -2.11. The van der Waals surface area contributed by atoms with E-state index in [1.807, 2.05) is 34.9 Å². The molecule has 5 aromatic rings. The molecule has 2 heterocycles. The molecule has 0 unspecified atom stereocenters. The van der Waals surface area contributed by atoms with Crippen LogP contribution >= 0.6 is 0 Å². The van der Waals surface area contributed by atoms with Gasteiger partial charge in [0.1, 0.15) is 0 Å². The molecule has 7 heteroatoms. The van der Waals surface area contributed by atoms with E-state index in [-0.39, 0.29) is 5.95 Å². The fraction of sp³-hybridized carbons (Fsp3) is 0.0833. The number of anilines is 1. The van der Waals surface area contributed by atoms with E-state index in [1.165, 1.54) is 5.39 Å². The molecule has 0 spiro atoms. The van der Waals surface area contributed by atoms with Crippen LogP contribution in [-0.4, -0.2) is 19.1 Å². The molecule has 7 nitrogen and oxygen atoms in total. The highest BCUT2D eigenvalue weighted by molar-refractivity contribution is 5.83. The predicted molar refractivity (Wildman–Crippen MR) is 120 cm³/mol. The maximum Gasteiger partial charge on any atom is 0.300 e. The molecule has 150 valence electrons. The lowest BCUT2D eigenvalue weighted by atomic mass is 10.1.